The van der Waals surface area contributed by atoms with Crippen LogP contribution < -0.4 is 10.6 Å². The van der Waals surface area contributed by atoms with Crippen LogP contribution in [0.25, 0.3) is 0 Å². The predicted molar refractivity (Wildman–Crippen MR) is 64.1 cm³/mol. The van der Waals surface area contributed by atoms with Crippen molar-refractivity contribution in [2.45, 2.75) is 19.9 Å². The monoisotopic (exact) mass is 274 g/mol. The summed E-state index contributed by atoms with van der Waals surface area (Å²) in [6.07, 6.45) is 1.68. The van der Waals surface area contributed by atoms with Gasteiger partial charge in [0.25, 0.3) is 0 Å². The second-order valence-electron chi connectivity index (χ2n) is 3.15. The van der Waals surface area contributed by atoms with Gasteiger partial charge in [0.15, 0.2) is 0 Å². The maximum Gasteiger partial charge on any atom is 0.224 e. The molecule has 15 heavy (non-hydrogen) atoms. The van der Waals surface area contributed by atoms with Crippen molar-refractivity contribution in [1.82, 2.24) is 9.97 Å². The van der Waals surface area contributed by atoms with Crippen LogP contribution in [0.4, 0.5) is 11.8 Å². The van der Waals surface area contributed by atoms with Crippen LogP contribution in [0, 0.1) is 0 Å². The number of halogens is 1. The van der Waals surface area contributed by atoms with E-state index in [4.69, 9.17) is 5.11 Å². The normalized spacial score (nSPS) is 12.3. The first-order valence-electron chi connectivity index (χ1n) is 4.81. The second-order valence-corrected chi connectivity index (χ2v) is 4.00. The van der Waals surface area contributed by atoms with Crippen molar-refractivity contribution in [2.24, 2.45) is 0 Å². The topological polar surface area (TPSA) is 70.1 Å². The van der Waals surface area contributed by atoms with E-state index >= 15 is 0 Å². The molecule has 5 nitrogen and oxygen atoms in total. The SMILES string of the molecule is CCNc1ncc(Br)c(NC(C)CO)n1. The first kappa shape index (κ1) is 12.2. The minimum Gasteiger partial charge on any atom is -0.394 e. The molecule has 1 atom stereocenters. The van der Waals surface area contributed by atoms with Gasteiger partial charge >= 0.3 is 0 Å². The third-order valence-electron chi connectivity index (χ3n) is 1.74. The summed E-state index contributed by atoms with van der Waals surface area (Å²) in [4.78, 5) is 8.35. The van der Waals surface area contributed by atoms with Crippen LogP contribution in [0.2, 0.25) is 0 Å². The average molecular weight is 275 g/mol. The van der Waals surface area contributed by atoms with Gasteiger partial charge in [-0.05, 0) is 29.8 Å². The van der Waals surface area contributed by atoms with Gasteiger partial charge in [-0.1, -0.05) is 0 Å². The number of aliphatic hydroxyl groups is 1. The summed E-state index contributed by atoms with van der Waals surface area (Å²) >= 11 is 3.34. The van der Waals surface area contributed by atoms with E-state index in [0.717, 1.165) is 11.0 Å². The minimum atomic E-state index is -0.0364. The molecule has 1 unspecified atom stereocenters. The third-order valence-corrected chi connectivity index (χ3v) is 2.32. The number of aliphatic hydroxyl groups excluding tert-OH is 1. The summed E-state index contributed by atoms with van der Waals surface area (Å²) in [5, 5.41) is 15.0. The molecule has 0 radical (unpaired) electrons. The highest BCUT2D eigenvalue weighted by Gasteiger charge is 2.07. The number of rotatable bonds is 5. The summed E-state index contributed by atoms with van der Waals surface area (Å²) in [5.74, 6) is 1.26. The van der Waals surface area contributed by atoms with E-state index in [2.05, 4.69) is 36.5 Å². The second kappa shape index (κ2) is 5.87. The molecular weight excluding hydrogens is 260 g/mol. The Balaban J connectivity index is 2.80. The fourth-order valence-corrected chi connectivity index (χ4v) is 1.30. The Hall–Kier alpha value is -0.880. The fourth-order valence-electron chi connectivity index (χ4n) is 0.991. The van der Waals surface area contributed by atoms with Crippen LogP contribution in [-0.2, 0) is 0 Å². The Labute approximate surface area is 97.5 Å². The lowest BCUT2D eigenvalue weighted by atomic mass is 10.3. The number of aromatic nitrogens is 2. The molecule has 6 heteroatoms. The molecule has 0 bridgehead atoms. The lowest BCUT2D eigenvalue weighted by molar-refractivity contribution is 0.281. The summed E-state index contributed by atoms with van der Waals surface area (Å²) in [6, 6.07) is -0.0364. The summed E-state index contributed by atoms with van der Waals surface area (Å²) < 4.78 is 0.782. The molecule has 1 aromatic heterocycles. The van der Waals surface area contributed by atoms with Crippen molar-refractivity contribution in [3.05, 3.63) is 10.7 Å². The molecule has 84 valence electrons. The Bertz CT molecular complexity index is 321. The molecule has 0 saturated carbocycles. The molecule has 0 saturated heterocycles. The minimum absolute atomic E-state index is 0.0364. The maximum absolute atomic E-state index is 8.92. The highest BCUT2D eigenvalue weighted by Crippen LogP contribution is 2.20. The summed E-state index contributed by atoms with van der Waals surface area (Å²) in [6.45, 7) is 4.69. The Kier molecular flexibility index (Phi) is 4.77. The first-order valence-corrected chi connectivity index (χ1v) is 5.60. The van der Waals surface area contributed by atoms with Crippen molar-refractivity contribution in [3.63, 3.8) is 0 Å². The number of anilines is 2. The Morgan fingerprint density at radius 1 is 1.60 bits per heavy atom. The van der Waals surface area contributed by atoms with Gasteiger partial charge in [0.1, 0.15) is 5.82 Å². The fraction of sp³-hybridized carbons (Fsp3) is 0.556. The van der Waals surface area contributed by atoms with Gasteiger partial charge in [-0.2, -0.15) is 4.98 Å². The molecule has 0 aliphatic rings. The average Bonchev–Trinajstić information content (AvgIpc) is 2.23. The zero-order chi connectivity index (χ0) is 11.3. The lowest BCUT2D eigenvalue weighted by Crippen LogP contribution is -2.20. The van der Waals surface area contributed by atoms with Crippen LogP contribution in [0.3, 0.4) is 0 Å². The summed E-state index contributed by atoms with van der Waals surface area (Å²) in [5.41, 5.74) is 0. The highest BCUT2D eigenvalue weighted by molar-refractivity contribution is 9.10. The molecule has 0 spiro atoms. The van der Waals surface area contributed by atoms with Crippen molar-refractivity contribution < 1.29 is 5.11 Å². The third kappa shape index (κ3) is 3.64. The molecule has 0 aliphatic carbocycles. The number of hydrogen-bond acceptors (Lipinski definition) is 5. The van der Waals surface area contributed by atoms with E-state index in [-0.39, 0.29) is 12.6 Å². The van der Waals surface area contributed by atoms with Crippen LogP contribution in [0.1, 0.15) is 13.8 Å². The van der Waals surface area contributed by atoms with E-state index in [1.807, 2.05) is 13.8 Å². The molecular formula is C9H15BrN4O. The van der Waals surface area contributed by atoms with Gasteiger partial charge in [-0.25, -0.2) is 4.98 Å². The number of hydrogen-bond donors (Lipinski definition) is 3. The predicted octanol–water partition coefficient (Wildman–Crippen LogP) is 1.46. The van der Waals surface area contributed by atoms with Crippen LogP contribution in [0.5, 0.6) is 0 Å². The van der Waals surface area contributed by atoms with Crippen LogP contribution >= 0.6 is 15.9 Å². The summed E-state index contributed by atoms with van der Waals surface area (Å²) in [7, 11) is 0. The molecule has 0 amide bonds. The quantitative estimate of drug-likeness (QED) is 0.759. The van der Waals surface area contributed by atoms with Crippen molar-refractivity contribution in [1.29, 1.82) is 0 Å². The molecule has 0 fully saturated rings. The number of nitrogens with zero attached hydrogens (tertiary/aromatic N) is 2. The lowest BCUT2D eigenvalue weighted by Gasteiger charge is -2.13. The van der Waals surface area contributed by atoms with Crippen LogP contribution in [-0.4, -0.2) is 34.3 Å². The van der Waals surface area contributed by atoms with Gasteiger partial charge in [-0.3, -0.25) is 0 Å². The van der Waals surface area contributed by atoms with E-state index in [9.17, 15) is 0 Å². The first-order chi connectivity index (χ1) is 7.17. The molecule has 1 rings (SSSR count). The number of nitrogens with one attached hydrogen (secondary N) is 2. The van der Waals surface area contributed by atoms with Crippen molar-refractivity contribution >= 4 is 27.7 Å². The van der Waals surface area contributed by atoms with E-state index in [1.165, 1.54) is 0 Å². The van der Waals surface area contributed by atoms with Gasteiger partial charge in [-0.15, -0.1) is 0 Å². The molecule has 1 aromatic rings. The Morgan fingerprint density at radius 2 is 2.33 bits per heavy atom. The van der Waals surface area contributed by atoms with Gasteiger partial charge < -0.3 is 15.7 Å². The zero-order valence-corrected chi connectivity index (χ0v) is 10.4. The Morgan fingerprint density at radius 3 is 2.93 bits per heavy atom. The molecule has 0 aromatic carbocycles. The maximum atomic E-state index is 8.92. The van der Waals surface area contributed by atoms with Crippen LogP contribution in [0.15, 0.2) is 10.7 Å². The van der Waals surface area contributed by atoms with E-state index < -0.39 is 0 Å². The van der Waals surface area contributed by atoms with E-state index in [1.54, 1.807) is 6.20 Å². The highest BCUT2D eigenvalue weighted by atomic mass is 79.9. The van der Waals surface area contributed by atoms with Gasteiger partial charge in [0.05, 0.1) is 11.1 Å². The zero-order valence-electron chi connectivity index (χ0n) is 8.79. The van der Waals surface area contributed by atoms with Crippen molar-refractivity contribution in [3.8, 4) is 0 Å². The largest absolute Gasteiger partial charge is 0.394 e. The standard InChI is InChI=1S/C9H15BrN4O/c1-3-11-9-12-4-7(10)8(14-9)13-6(2)5-15/h4,6,15H,3,5H2,1-2H3,(H2,11,12,13,14). The molecule has 0 aliphatic heterocycles. The molecule has 3 N–H and O–H groups in total. The van der Waals surface area contributed by atoms with E-state index in [0.29, 0.717) is 11.8 Å². The smallest absolute Gasteiger partial charge is 0.224 e. The molecule has 1 heterocycles. The van der Waals surface area contributed by atoms with Gasteiger partial charge in [0.2, 0.25) is 5.95 Å². The van der Waals surface area contributed by atoms with Gasteiger partial charge in [0, 0.05) is 18.8 Å². The van der Waals surface area contributed by atoms with Crippen molar-refractivity contribution in [2.75, 3.05) is 23.8 Å².